The number of para-hydroxylation sites is 3. The summed E-state index contributed by atoms with van der Waals surface area (Å²) in [6.45, 7) is 6.58. The fourth-order valence-corrected chi connectivity index (χ4v) is 4.77. The number of aromatic nitrogens is 2. The summed E-state index contributed by atoms with van der Waals surface area (Å²) in [5, 5.41) is 3.56. The number of nitrogens with one attached hydrogen (secondary N) is 1. The molecule has 1 N–H and O–H groups in total. The maximum Gasteiger partial charge on any atom is 0.251 e. The Hall–Kier alpha value is -3.31. The molecule has 0 atom stereocenters. The van der Waals surface area contributed by atoms with Gasteiger partial charge in [0.05, 0.1) is 17.6 Å². The highest BCUT2D eigenvalue weighted by Gasteiger charge is 2.11. The summed E-state index contributed by atoms with van der Waals surface area (Å²) >= 11 is 5.98. The lowest BCUT2D eigenvalue weighted by Crippen LogP contribution is -2.24. The highest BCUT2D eigenvalue weighted by molar-refractivity contribution is 6.30. The van der Waals surface area contributed by atoms with E-state index in [1.807, 2.05) is 12.1 Å². The van der Waals surface area contributed by atoms with Gasteiger partial charge in [0.2, 0.25) is 0 Å². The van der Waals surface area contributed by atoms with E-state index in [1.54, 1.807) is 24.3 Å². The summed E-state index contributed by atoms with van der Waals surface area (Å²) in [7, 11) is 0. The first-order chi connectivity index (χ1) is 18.0. The number of unbranched alkanes of at least 4 members (excludes halogenated alkanes) is 2. The van der Waals surface area contributed by atoms with Crippen molar-refractivity contribution in [2.24, 2.45) is 0 Å². The first-order valence-electron chi connectivity index (χ1n) is 13.2. The van der Waals surface area contributed by atoms with Gasteiger partial charge in [-0.3, -0.25) is 4.79 Å². The number of halogens is 1. The minimum absolute atomic E-state index is 0.0810. The molecule has 5 nitrogen and oxygen atoms in total. The number of rotatable bonds is 13. The number of hydrogen-bond acceptors (Lipinski definition) is 3. The van der Waals surface area contributed by atoms with Crippen LogP contribution in [-0.2, 0) is 13.0 Å². The van der Waals surface area contributed by atoms with E-state index < -0.39 is 0 Å². The zero-order valence-electron chi connectivity index (χ0n) is 21.8. The van der Waals surface area contributed by atoms with E-state index in [2.05, 4.69) is 60.1 Å². The van der Waals surface area contributed by atoms with Gasteiger partial charge < -0.3 is 14.6 Å². The second-order valence-electron chi connectivity index (χ2n) is 9.64. The molecular formula is C31H36ClN3O2. The number of nitrogens with zero attached hydrogens (tertiary/aromatic N) is 2. The lowest BCUT2D eigenvalue weighted by atomic mass is 10.0. The van der Waals surface area contributed by atoms with Crippen molar-refractivity contribution in [1.82, 2.24) is 14.9 Å². The van der Waals surface area contributed by atoms with Crippen LogP contribution in [0.4, 0.5) is 0 Å². The molecule has 1 amide bonds. The molecule has 0 saturated carbocycles. The van der Waals surface area contributed by atoms with Crippen LogP contribution in [0.1, 0.15) is 67.2 Å². The third-order valence-corrected chi connectivity index (χ3v) is 6.74. The normalized spacial score (nSPS) is 11.2. The van der Waals surface area contributed by atoms with Crippen molar-refractivity contribution in [2.45, 2.75) is 58.4 Å². The number of amides is 1. The topological polar surface area (TPSA) is 56.1 Å². The number of carbonyl (C=O) groups excluding carboxylic acids is 1. The Morgan fingerprint density at radius 3 is 2.62 bits per heavy atom. The molecule has 0 aliphatic carbocycles. The van der Waals surface area contributed by atoms with E-state index in [0.29, 0.717) is 29.7 Å². The Morgan fingerprint density at radius 1 is 0.973 bits per heavy atom. The van der Waals surface area contributed by atoms with Crippen LogP contribution in [0.5, 0.6) is 5.75 Å². The molecule has 194 valence electrons. The molecule has 4 aromatic rings. The first-order valence-corrected chi connectivity index (χ1v) is 13.6. The van der Waals surface area contributed by atoms with E-state index in [1.165, 1.54) is 11.1 Å². The molecule has 0 aliphatic heterocycles. The lowest BCUT2D eigenvalue weighted by Gasteiger charge is -2.14. The smallest absolute Gasteiger partial charge is 0.251 e. The van der Waals surface area contributed by atoms with Crippen molar-refractivity contribution in [2.75, 3.05) is 13.2 Å². The van der Waals surface area contributed by atoms with E-state index >= 15 is 0 Å². The molecule has 1 aromatic heterocycles. The number of hydrogen-bond donors (Lipinski definition) is 1. The minimum Gasteiger partial charge on any atom is -0.493 e. The Kier molecular flexibility index (Phi) is 9.61. The third-order valence-electron chi connectivity index (χ3n) is 6.51. The molecule has 3 aromatic carbocycles. The summed E-state index contributed by atoms with van der Waals surface area (Å²) in [5.41, 5.74) is 4.06. The predicted octanol–water partition coefficient (Wildman–Crippen LogP) is 7.43. The van der Waals surface area contributed by atoms with Gasteiger partial charge in [-0.05, 0) is 67.1 Å². The van der Waals surface area contributed by atoms with Crippen molar-refractivity contribution < 1.29 is 9.53 Å². The third kappa shape index (κ3) is 7.36. The van der Waals surface area contributed by atoms with Crippen molar-refractivity contribution in [3.63, 3.8) is 0 Å². The maximum atomic E-state index is 12.3. The number of imidazole rings is 1. The van der Waals surface area contributed by atoms with E-state index in [0.717, 1.165) is 55.7 Å². The number of aryl methyl sites for hydroxylation is 2. The van der Waals surface area contributed by atoms with Crippen LogP contribution in [0.25, 0.3) is 11.0 Å². The van der Waals surface area contributed by atoms with Crippen LogP contribution in [0.2, 0.25) is 5.02 Å². The number of carbonyl (C=O) groups is 1. The molecule has 0 radical (unpaired) electrons. The molecule has 0 unspecified atom stereocenters. The van der Waals surface area contributed by atoms with Gasteiger partial charge in [-0.25, -0.2) is 4.98 Å². The summed E-state index contributed by atoms with van der Waals surface area (Å²) in [5.74, 6) is 2.45. The lowest BCUT2D eigenvalue weighted by molar-refractivity contribution is 0.0953. The summed E-state index contributed by atoms with van der Waals surface area (Å²) in [6.07, 6.45) is 4.79. The Labute approximate surface area is 224 Å². The zero-order chi connectivity index (χ0) is 26.0. The SMILES string of the molecule is CC(C)c1ccccc1OCCCn1c(CCCCCNC(=O)c2cccc(Cl)c2)nc2ccccc21. The standard InChI is InChI=1S/C31H36ClN3O2/c1-23(2)26-14-5-8-17-29(26)37-21-11-20-35-28-16-7-6-15-27(28)34-30(35)18-4-3-9-19-33-31(36)24-12-10-13-25(32)22-24/h5-8,10,12-17,22-23H,3-4,9,11,18-21H2,1-2H3,(H,33,36). The largest absolute Gasteiger partial charge is 0.493 e. The zero-order valence-corrected chi connectivity index (χ0v) is 22.5. The summed E-state index contributed by atoms with van der Waals surface area (Å²) in [6, 6.07) is 23.7. The maximum absolute atomic E-state index is 12.3. The first kappa shape index (κ1) is 26.7. The van der Waals surface area contributed by atoms with Gasteiger partial charge in [0.1, 0.15) is 11.6 Å². The predicted molar refractivity (Wildman–Crippen MR) is 152 cm³/mol. The number of benzene rings is 3. The van der Waals surface area contributed by atoms with Crippen LogP contribution in [0.15, 0.2) is 72.8 Å². The quantitative estimate of drug-likeness (QED) is 0.188. The average molecular weight is 518 g/mol. The fraction of sp³-hybridized carbons (Fsp3) is 0.355. The van der Waals surface area contributed by atoms with Crippen molar-refractivity contribution in [3.8, 4) is 5.75 Å². The molecule has 0 spiro atoms. The van der Waals surface area contributed by atoms with Crippen molar-refractivity contribution in [3.05, 3.63) is 94.8 Å². The molecule has 1 heterocycles. The minimum atomic E-state index is -0.0810. The van der Waals surface area contributed by atoms with E-state index in [9.17, 15) is 4.79 Å². The van der Waals surface area contributed by atoms with Crippen LogP contribution in [-0.4, -0.2) is 28.6 Å². The molecule has 6 heteroatoms. The average Bonchev–Trinajstić information content (AvgIpc) is 3.25. The molecule has 37 heavy (non-hydrogen) atoms. The van der Waals surface area contributed by atoms with Crippen LogP contribution < -0.4 is 10.1 Å². The van der Waals surface area contributed by atoms with Crippen molar-refractivity contribution in [1.29, 1.82) is 0 Å². The number of fused-ring (bicyclic) bond motifs is 1. The van der Waals surface area contributed by atoms with E-state index in [4.69, 9.17) is 21.3 Å². The van der Waals surface area contributed by atoms with Crippen LogP contribution >= 0.6 is 11.6 Å². The van der Waals surface area contributed by atoms with Gasteiger partial charge in [-0.15, -0.1) is 0 Å². The monoisotopic (exact) mass is 517 g/mol. The summed E-state index contributed by atoms with van der Waals surface area (Å²) in [4.78, 5) is 17.2. The van der Waals surface area contributed by atoms with Gasteiger partial charge in [0, 0.05) is 30.1 Å². The van der Waals surface area contributed by atoms with Crippen molar-refractivity contribution >= 4 is 28.5 Å². The highest BCUT2D eigenvalue weighted by atomic mass is 35.5. The van der Waals surface area contributed by atoms with Gasteiger partial charge >= 0.3 is 0 Å². The van der Waals surface area contributed by atoms with Crippen LogP contribution in [0.3, 0.4) is 0 Å². The molecule has 4 rings (SSSR count). The van der Waals surface area contributed by atoms with Gasteiger partial charge in [0.15, 0.2) is 0 Å². The molecular weight excluding hydrogens is 482 g/mol. The molecule has 0 fully saturated rings. The molecule has 0 saturated heterocycles. The van der Waals surface area contributed by atoms with Gasteiger partial charge in [0.25, 0.3) is 5.91 Å². The molecule has 0 bridgehead atoms. The Morgan fingerprint density at radius 2 is 1.78 bits per heavy atom. The fourth-order valence-electron chi connectivity index (χ4n) is 4.58. The summed E-state index contributed by atoms with van der Waals surface area (Å²) < 4.78 is 8.50. The Bertz CT molecular complexity index is 1310. The second-order valence-corrected chi connectivity index (χ2v) is 10.1. The van der Waals surface area contributed by atoms with Crippen LogP contribution in [0, 0.1) is 0 Å². The van der Waals surface area contributed by atoms with Gasteiger partial charge in [-0.1, -0.05) is 68.3 Å². The van der Waals surface area contributed by atoms with Gasteiger partial charge in [-0.2, -0.15) is 0 Å². The Balaban J connectivity index is 1.26. The van der Waals surface area contributed by atoms with E-state index in [-0.39, 0.29) is 5.91 Å². The second kappa shape index (κ2) is 13.3. The number of ether oxygens (including phenoxy) is 1. The molecule has 0 aliphatic rings. The highest BCUT2D eigenvalue weighted by Crippen LogP contribution is 2.26.